The van der Waals surface area contributed by atoms with Crippen molar-refractivity contribution in [1.82, 2.24) is 10.6 Å². The molecule has 122 valence electrons. The highest BCUT2D eigenvalue weighted by molar-refractivity contribution is 5.76. The summed E-state index contributed by atoms with van der Waals surface area (Å²) < 4.78 is 0. The van der Waals surface area contributed by atoms with Crippen LogP contribution in [0.3, 0.4) is 0 Å². The molecule has 1 unspecified atom stereocenters. The van der Waals surface area contributed by atoms with Gasteiger partial charge >= 0.3 is 12.0 Å². The predicted octanol–water partition coefficient (Wildman–Crippen LogP) is 3.00. The summed E-state index contributed by atoms with van der Waals surface area (Å²) in [5.41, 5.74) is 0.430. The molecule has 1 aliphatic carbocycles. The van der Waals surface area contributed by atoms with Crippen LogP contribution in [0.4, 0.5) is 4.79 Å². The molecule has 0 heterocycles. The molecule has 2 amide bonds. The van der Waals surface area contributed by atoms with Crippen LogP contribution in [0.25, 0.3) is 0 Å². The van der Waals surface area contributed by atoms with Crippen molar-refractivity contribution in [2.45, 2.75) is 66.3 Å². The van der Waals surface area contributed by atoms with Crippen LogP contribution in [0, 0.1) is 16.7 Å². The highest BCUT2D eigenvalue weighted by Gasteiger charge is 2.38. The molecule has 0 radical (unpaired) electrons. The van der Waals surface area contributed by atoms with Gasteiger partial charge in [0.05, 0.1) is 5.92 Å². The van der Waals surface area contributed by atoms with Gasteiger partial charge in [0.15, 0.2) is 0 Å². The fourth-order valence-electron chi connectivity index (χ4n) is 3.81. The van der Waals surface area contributed by atoms with Crippen LogP contribution < -0.4 is 10.6 Å². The van der Waals surface area contributed by atoms with Crippen LogP contribution in [0.2, 0.25) is 0 Å². The van der Waals surface area contributed by atoms with Gasteiger partial charge < -0.3 is 15.7 Å². The summed E-state index contributed by atoms with van der Waals surface area (Å²) in [6, 6.07) is -0.109. The summed E-state index contributed by atoms with van der Waals surface area (Å²) >= 11 is 0. The molecule has 0 aliphatic heterocycles. The monoisotopic (exact) mass is 298 g/mol. The van der Waals surface area contributed by atoms with E-state index in [1.165, 1.54) is 0 Å². The first-order valence-corrected chi connectivity index (χ1v) is 7.82. The number of nitrogens with one attached hydrogen (secondary N) is 2. The molecule has 1 atom stereocenters. The molecule has 0 aromatic rings. The van der Waals surface area contributed by atoms with E-state index in [2.05, 4.69) is 38.3 Å². The largest absolute Gasteiger partial charge is 0.481 e. The van der Waals surface area contributed by atoms with E-state index in [-0.39, 0.29) is 29.4 Å². The number of carbonyl (C=O) groups excluding carboxylic acids is 1. The fourth-order valence-corrected chi connectivity index (χ4v) is 3.81. The number of carboxylic acids is 1. The fraction of sp³-hybridized carbons (Fsp3) is 0.875. The molecule has 1 fully saturated rings. The van der Waals surface area contributed by atoms with Gasteiger partial charge in [-0.25, -0.2) is 4.79 Å². The van der Waals surface area contributed by atoms with Crippen molar-refractivity contribution in [2.24, 2.45) is 16.7 Å². The highest BCUT2D eigenvalue weighted by atomic mass is 16.4. The molecule has 3 N–H and O–H groups in total. The first-order chi connectivity index (χ1) is 9.54. The molecule has 0 spiro atoms. The summed E-state index contributed by atoms with van der Waals surface area (Å²) in [7, 11) is 0. The topological polar surface area (TPSA) is 78.4 Å². The zero-order valence-electron chi connectivity index (χ0n) is 14.0. The Hall–Kier alpha value is -1.26. The van der Waals surface area contributed by atoms with E-state index >= 15 is 0 Å². The van der Waals surface area contributed by atoms with Crippen LogP contribution >= 0.6 is 0 Å². The molecule has 0 bridgehead atoms. The van der Waals surface area contributed by atoms with E-state index in [9.17, 15) is 9.59 Å². The van der Waals surface area contributed by atoms with E-state index in [0.29, 0.717) is 6.42 Å². The Labute approximate surface area is 127 Å². The molecule has 5 nitrogen and oxygen atoms in total. The Morgan fingerprint density at radius 3 is 2.14 bits per heavy atom. The molecule has 1 rings (SSSR count). The lowest BCUT2D eigenvalue weighted by Gasteiger charge is -2.45. The lowest BCUT2D eigenvalue weighted by atomic mass is 9.63. The van der Waals surface area contributed by atoms with Gasteiger partial charge in [-0.2, -0.15) is 0 Å². The Kier molecular flexibility index (Phi) is 5.65. The van der Waals surface area contributed by atoms with Crippen molar-refractivity contribution in [3.05, 3.63) is 0 Å². The summed E-state index contributed by atoms with van der Waals surface area (Å²) in [5, 5.41) is 14.7. The van der Waals surface area contributed by atoms with Crippen LogP contribution in [-0.4, -0.2) is 29.7 Å². The predicted molar refractivity (Wildman–Crippen MR) is 83.2 cm³/mol. The molecule has 0 saturated heterocycles. The van der Waals surface area contributed by atoms with Crippen LogP contribution in [-0.2, 0) is 4.79 Å². The van der Waals surface area contributed by atoms with Gasteiger partial charge in [0.2, 0.25) is 0 Å². The third-order valence-electron chi connectivity index (χ3n) is 4.24. The van der Waals surface area contributed by atoms with Crippen molar-refractivity contribution in [3.63, 3.8) is 0 Å². The molecule has 1 saturated carbocycles. The molecular formula is C16H30N2O3. The zero-order chi connectivity index (χ0) is 16.3. The third kappa shape index (κ3) is 5.94. The van der Waals surface area contributed by atoms with Gasteiger partial charge in [0.25, 0.3) is 0 Å². The standard InChI is InChI=1S/C16H30N2O3/c1-6-11(13(19)20)9-17-14(21)18-12-7-15(2,3)10-16(4,5)8-12/h11-12H,6-10H2,1-5H3,(H,19,20)(H2,17,18,21). The number of carboxylic acid groups (broad SMARTS) is 1. The van der Waals surface area contributed by atoms with Crippen LogP contribution in [0.5, 0.6) is 0 Å². The van der Waals surface area contributed by atoms with E-state index in [0.717, 1.165) is 19.3 Å². The first kappa shape index (κ1) is 17.8. The van der Waals surface area contributed by atoms with Crippen molar-refractivity contribution in [2.75, 3.05) is 6.54 Å². The van der Waals surface area contributed by atoms with Gasteiger partial charge in [-0.05, 0) is 36.5 Å². The van der Waals surface area contributed by atoms with Gasteiger partial charge in [0, 0.05) is 12.6 Å². The first-order valence-electron chi connectivity index (χ1n) is 7.82. The third-order valence-corrected chi connectivity index (χ3v) is 4.24. The molecule has 0 aromatic carbocycles. The Morgan fingerprint density at radius 2 is 1.71 bits per heavy atom. The number of carbonyl (C=O) groups is 2. The van der Waals surface area contributed by atoms with Crippen molar-refractivity contribution < 1.29 is 14.7 Å². The average Bonchev–Trinajstić information content (AvgIpc) is 2.24. The molecular weight excluding hydrogens is 268 g/mol. The molecule has 21 heavy (non-hydrogen) atoms. The van der Waals surface area contributed by atoms with Gasteiger partial charge in [-0.15, -0.1) is 0 Å². The summed E-state index contributed by atoms with van der Waals surface area (Å²) in [5.74, 6) is -1.38. The second-order valence-electron chi connectivity index (χ2n) is 7.91. The lowest BCUT2D eigenvalue weighted by molar-refractivity contribution is -0.141. The second kappa shape index (κ2) is 6.67. The smallest absolute Gasteiger partial charge is 0.315 e. The average molecular weight is 298 g/mol. The minimum atomic E-state index is -0.863. The Morgan fingerprint density at radius 1 is 1.19 bits per heavy atom. The maximum Gasteiger partial charge on any atom is 0.315 e. The maximum absolute atomic E-state index is 12.0. The normalized spacial score (nSPS) is 22.3. The van der Waals surface area contributed by atoms with Gasteiger partial charge in [-0.3, -0.25) is 4.79 Å². The Balaban J connectivity index is 2.49. The molecule has 1 aliphatic rings. The Bertz CT molecular complexity index is 375. The summed E-state index contributed by atoms with van der Waals surface area (Å²) in [4.78, 5) is 22.9. The van der Waals surface area contributed by atoms with Crippen LogP contribution in [0.15, 0.2) is 0 Å². The minimum Gasteiger partial charge on any atom is -0.481 e. The second-order valence-corrected chi connectivity index (χ2v) is 7.91. The maximum atomic E-state index is 12.0. The zero-order valence-corrected chi connectivity index (χ0v) is 14.0. The van der Waals surface area contributed by atoms with E-state index in [1.54, 1.807) is 0 Å². The number of rotatable bonds is 5. The van der Waals surface area contributed by atoms with E-state index in [1.807, 2.05) is 6.92 Å². The number of urea groups is 1. The van der Waals surface area contributed by atoms with Crippen molar-refractivity contribution in [1.29, 1.82) is 0 Å². The van der Waals surface area contributed by atoms with E-state index < -0.39 is 11.9 Å². The van der Waals surface area contributed by atoms with Gasteiger partial charge in [-0.1, -0.05) is 34.6 Å². The van der Waals surface area contributed by atoms with Crippen molar-refractivity contribution in [3.8, 4) is 0 Å². The summed E-state index contributed by atoms with van der Waals surface area (Å²) in [6.45, 7) is 10.9. The number of amides is 2. The van der Waals surface area contributed by atoms with Gasteiger partial charge in [0.1, 0.15) is 0 Å². The lowest BCUT2D eigenvalue weighted by Crippen LogP contribution is -2.50. The number of aliphatic carboxylic acids is 1. The molecule has 0 aromatic heterocycles. The summed E-state index contributed by atoms with van der Waals surface area (Å²) in [6.07, 6.45) is 3.58. The highest BCUT2D eigenvalue weighted by Crippen LogP contribution is 2.45. The molecule has 5 heteroatoms. The van der Waals surface area contributed by atoms with Crippen molar-refractivity contribution >= 4 is 12.0 Å². The quantitative estimate of drug-likeness (QED) is 0.730. The minimum absolute atomic E-state index is 0.147. The van der Waals surface area contributed by atoms with E-state index in [4.69, 9.17) is 5.11 Å². The number of hydrogen-bond acceptors (Lipinski definition) is 2. The SMILES string of the molecule is CCC(CNC(=O)NC1CC(C)(C)CC(C)(C)C1)C(=O)O. The van der Waals surface area contributed by atoms with Crippen LogP contribution in [0.1, 0.15) is 60.3 Å². The number of hydrogen-bond donors (Lipinski definition) is 3.